The molecule has 2 N–H and O–H groups in total. The third kappa shape index (κ3) is 3.46. The van der Waals surface area contributed by atoms with Gasteiger partial charge in [0.05, 0.1) is 18.1 Å². The van der Waals surface area contributed by atoms with Crippen molar-refractivity contribution in [1.82, 2.24) is 0 Å². The van der Waals surface area contributed by atoms with Crippen LogP contribution in [0.25, 0.3) is 0 Å². The number of benzene rings is 2. The number of halogens is 1. The molecule has 0 aliphatic rings. The van der Waals surface area contributed by atoms with Gasteiger partial charge in [-0.15, -0.1) is 12.4 Å². The maximum atomic E-state index is 10.7. The van der Waals surface area contributed by atoms with E-state index < -0.39 is 11.0 Å². The van der Waals surface area contributed by atoms with Crippen LogP contribution in [0.1, 0.15) is 17.2 Å². The van der Waals surface area contributed by atoms with Crippen molar-refractivity contribution in [3.8, 4) is 5.75 Å². The smallest absolute Gasteiger partial charge is 0.269 e. The molecule has 5 nitrogen and oxygen atoms in total. The van der Waals surface area contributed by atoms with Gasteiger partial charge < -0.3 is 10.5 Å². The van der Waals surface area contributed by atoms with Gasteiger partial charge in [-0.25, -0.2) is 0 Å². The second-order valence-electron chi connectivity index (χ2n) is 4.10. The van der Waals surface area contributed by atoms with Crippen molar-refractivity contribution < 1.29 is 9.66 Å². The molecule has 1 unspecified atom stereocenters. The maximum Gasteiger partial charge on any atom is 0.269 e. The second kappa shape index (κ2) is 6.88. The average molecular weight is 295 g/mol. The molecular weight excluding hydrogens is 280 g/mol. The molecule has 0 spiro atoms. The number of non-ortho nitro benzene ring substituents is 1. The van der Waals surface area contributed by atoms with E-state index in [-0.39, 0.29) is 18.1 Å². The first-order valence-electron chi connectivity index (χ1n) is 5.75. The summed E-state index contributed by atoms with van der Waals surface area (Å²) in [4.78, 5) is 10.3. The van der Waals surface area contributed by atoms with E-state index in [4.69, 9.17) is 10.5 Å². The quantitative estimate of drug-likeness (QED) is 0.694. The minimum absolute atomic E-state index is 0. The molecule has 6 heteroatoms. The van der Waals surface area contributed by atoms with Gasteiger partial charge in [0.25, 0.3) is 5.69 Å². The number of nitro groups is 1. The zero-order chi connectivity index (χ0) is 13.8. The van der Waals surface area contributed by atoms with E-state index in [2.05, 4.69) is 0 Å². The van der Waals surface area contributed by atoms with Crippen LogP contribution in [0.2, 0.25) is 0 Å². The lowest BCUT2D eigenvalue weighted by Crippen LogP contribution is -2.11. The minimum Gasteiger partial charge on any atom is -0.497 e. The summed E-state index contributed by atoms with van der Waals surface area (Å²) in [6.07, 6.45) is 0. The van der Waals surface area contributed by atoms with Crippen LogP contribution in [0.15, 0.2) is 48.5 Å². The van der Waals surface area contributed by atoms with Crippen LogP contribution in [-0.4, -0.2) is 12.0 Å². The highest BCUT2D eigenvalue weighted by Crippen LogP contribution is 2.24. The molecule has 0 heterocycles. The van der Waals surface area contributed by atoms with Gasteiger partial charge >= 0.3 is 0 Å². The van der Waals surface area contributed by atoms with E-state index >= 15 is 0 Å². The lowest BCUT2D eigenvalue weighted by molar-refractivity contribution is -0.384. The number of hydrogen-bond donors (Lipinski definition) is 1. The Morgan fingerprint density at radius 1 is 1.15 bits per heavy atom. The van der Waals surface area contributed by atoms with Gasteiger partial charge in [-0.1, -0.05) is 24.3 Å². The Labute approximate surface area is 122 Å². The molecule has 0 aliphatic heterocycles. The first-order chi connectivity index (χ1) is 9.11. The predicted molar refractivity (Wildman–Crippen MR) is 79.4 cm³/mol. The molecule has 0 aliphatic carbocycles. The van der Waals surface area contributed by atoms with Gasteiger partial charge in [-0.2, -0.15) is 0 Å². The Hall–Kier alpha value is -2.11. The highest BCUT2D eigenvalue weighted by atomic mass is 35.5. The van der Waals surface area contributed by atoms with Gasteiger partial charge in [0.15, 0.2) is 0 Å². The fourth-order valence-corrected chi connectivity index (χ4v) is 1.84. The molecule has 1 atom stereocenters. The summed E-state index contributed by atoms with van der Waals surface area (Å²) >= 11 is 0. The van der Waals surface area contributed by atoms with Crippen molar-refractivity contribution in [3.63, 3.8) is 0 Å². The van der Waals surface area contributed by atoms with Gasteiger partial charge in [0.1, 0.15) is 5.75 Å². The van der Waals surface area contributed by atoms with E-state index in [0.29, 0.717) is 5.56 Å². The van der Waals surface area contributed by atoms with Crippen LogP contribution < -0.4 is 10.5 Å². The van der Waals surface area contributed by atoms with E-state index in [1.54, 1.807) is 19.2 Å². The zero-order valence-corrected chi connectivity index (χ0v) is 11.7. The molecule has 20 heavy (non-hydrogen) atoms. The van der Waals surface area contributed by atoms with Crippen LogP contribution in [0.4, 0.5) is 5.69 Å². The number of nitro benzene ring substituents is 1. The molecule has 0 radical (unpaired) electrons. The summed E-state index contributed by atoms with van der Waals surface area (Å²) < 4.78 is 5.08. The molecule has 106 valence electrons. The zero-order valence-electron chi connectivity index (χ0n) is 10.9. The minimum atomic E-state index is -0.426. The van der Waals surface area contributed by atoms with Crippen LogP contribution in [0.5, 0.6) is 5.75 Å². The maximum absolute atomic E-state index is 10.7. The summed E-state index contributed by atoms with van der Waals surface area (Å²) in [5, 5.41) is 10.7. The Bertz CT molecular complexity index is 587. The van der Waals surface area contributed by atoms with E-state index in [0.717, 1.165) is 11.3 Å². The summed E-state index contributed by atoms with van der Waals surface area (Å²) in [5.74, 6) is 0.745. The number of nitrogens with two attached hydrogens (primary N) is 1. The molecule has 0 saturated carbocycles. The highest BCUT2D eigenvalue weighted by molar-refractivity contribution is 5.85. The molecule has 2 rings (SSSR count). The lowest BCUT2D eigenvalue weighted by Gasteiger charge is -2.12. The van der Waals surface area contributed by atoms with Crippen molar-refractivity contribution in [2.24, 2.45) is 5.73 Å². The first kappa shape index (κ1) is 15.9. The van der Waals surface area contributed by atoms with E-state index in [1.807, 2.05) is 24.3 Å². The largest absolute Gasteiger partial charge is 0.497 e. The number of methoxy groups -OCH3 is 1. The monoisotopic (exact) mass is 294 g/mol. The average Bonchev–Trinajstić information content (AvgIpc) is 2.46. The summed E-state index contributed by atoms with van der Waals surface area (Å²) in [6.45, 7) is 0. The molecule has 0 aromatic heterocycles. The van der Waals surface area contributed by atoms with E-state index in [9.17, 15) is 10.1 Å². The third-order valence-electron chi connectivity index (χ3n) is 2.92. The van der Waals surface area contributed by atoms with Crippen LogP contribution in [0, 0.1) is 10.1 Å². The van der Waals surface area contributed by atoms with Gasteiger partial charge in [0, 0.05) is 12.1 Å². The van der Waals surface area contributed by atoms with Crippen LogP contribution in [0.3, 0.4) is 0 Å². The molecule has 0 bridgehead atoms. The SMILES string of the molecule is COc1ccc(C(N)c2cccc([N+](=O)[O-])c2)cc1.Cl. The van der Waals surface area contributed by atoms with Crippen molar-refractivity contribution in [2.75, 3.05) is 7.11 Å². The summed E-state index contributed by atoms with van der Waals surface area (Å²) in [6, 6.07) is 13.3. The molecule has 2 aromatic carbocycles. The van der Waals surface area contributed by atoms with Crippen molar-refractivity contribution >= 4 is 18.1 Å². The Morgan fingerprint density at radius 2 is 1.80 bits per heavy atom. The first-order valence-corrected chi connectivity index (χ1v) is 5.75. The molecule has 0 fully saturated rings. The van der Waals surface area contributed by atoms with Crippen LogP contribution in [-0.2, 0) is 0 Å². The van der Waals surface area contributed by atoms with Crippen molar-refractivity contribution in [3.05, 3.63) is 69.8 Å². The predicted octanol–water partition coefficient (Wildman–Crippen LogP) is 3.07. The van der Waals surface area contributed by atoms with Crippen molar-refractivity contribution in [2.45, 2.75) is 6.04 Å². The van der Waals surface area contributed by atoms with Gasteiger partial charge in [-0.3, -0.25) is 10.1 Å². The summed E-state index contributed by atoms with van der Waals surface area (Å²) in [5.41, 5.74) is 7.74. The molecular formula is C14H15ClN2O3. The third-order valence-corrected chi connectivity index (χ3v) is 2.92. The number of rotatable bonds is 4. The normalized spacial score (nSPS) is 11.3. The van der Waals surface area contributed by atoms with Gasteiger partial charge in [0.2, 0.25) is 0 Å². The van der Waals surface area contributed by atoms with Crippen molar-refractivity contribution in [1.29, 1.82) is 0 Å². The molecule has 0 amide bonds. The Kier molecular flexibility index (Phi) is 5.49. The fourth-order valence-electron chi connectivity index (χ4n) is 1.84. The highest BCUT2D eigenvalue weighted by Gasteiger charge is 2.13. The fraction of sp³-hybridized carbons (Fsp3) is 0.143. The van der Waals surface area contributed by atoms with Crippen LogP contribution >= 0.6 is 12.4 Å². The second-order valence-corrected chi connectivity index (χ2v) is 4.10. The Morgan fingerprint density at radius 3 is 2.35 bits per heavy atom. The standard InChI is InChI=1S/C14H14N2O3.ClH/c1-19-13-7-5-10(6-8-13)14(15)11-3-2-4-12(9-11)16(17)18;/h2-9,14H,15H2,1H3;1H. The number of hydrogen-bond acceptors (Lipinski definition) is 4. The molecule has 2 aromatic rings. The van der Waals surface area contributed by atoms with E-state index in [1.165, 1.54) is 12.1 Å². The number of ether oxygens (including phenoxy) is 1. The molecule has 0 saturated heterocycles. The Balaban J connectivity index is 0.00000200. The van der Waals surface area contributed by atoms with Gasteiger partial charge in [-0.05, 0) is 23.3 Å². The number of nitrogens with zero attached hydrogens (tertiary/aromatic N) is 1. The summed E-state index contributed by atoms with van der Waals surface area (Å²) in [7, 11) is 1.59. The topological polar surface area (TPSA) is 78.4 Å². The lowest BCUT2D eigenvalue weighted by atomic mass is 9.99.